The smallest absolute Gasteiger partial charge is 0.358 e. The molecule has 5 rings (SSSR count). The van der Waals surface area contributed by atoms with Crippen LogP contribution in [0.2, 0.25) is 0 Å². The molecule has 1 aliphatic heterocycles. The van der Waals surface area contributed by atoms with Gasteiger partial charge in [0.25, 0.3) is 5.91 Å². The Bertz CT molecular complexity index is 1100. The average molecular weight is 419 g/mol. The molecule has 1 amide bonds. The fourth-order valence-corrected chi connectivity index (χ4v) is 4.54. The third-order valence-electron chi connectivity index (χ3n) is 5.89. The fourth-order valence-electron chi connectivity index (χ4n) is 4.54. The number of carbonyl (C=O) groups excluding carboxylic acids is 2. The van der Waals surface area contributed by atoms with E-state index in [0.717, 1.165) is 19.4 Å². The van der Waals surface area contributed by atoms with Crippen LogP contribution in [0.5, 0.6) is 0 Å². The minimum atomic E-state index is -0.527. The number of hydrogen-bond donors (Lipinski definition) is 1. The predicted molar refractivity (Wildman–Crippen MR) is 110 cm³/mol. The lowest BCUT2D eigenvalue weighted by Gasteiger charge is -2.34. The van der Waals surface area contributed by atoms with Crippen molar-refractivity contribution in [2.75, 3.05) is 19.0 Å². The van der Waals surface area contributed by atoms with E-state index in [-0.39, 0.29) is 23.7 Å². The van der Waals surface area contributed by atoms with E-state index in [0.29, 0.717) is 23.0 Å². The van der Waals surface area contributed by atoms with Crippen molar-refractivity contribution in [2.24, 2.45) is 5.92 Å². The van der Waals surface area contributed by atoms with Crippen LogP contribution in [0.25, 0.3) is 5.69 Å². The van der Waals surface area contributed by atoms with E-state index in [1.807, 2.05) is 29.2 Å². The number of piperidine rings is 1. The number of methoxy groups -OCH3 is 1. The first-order chi connectivity index (χ1) is 15.1. The molecule has 3 heterocycles. The number of amides is 1. The summed E-state index contributed by atoms with van der Waals surface area (Å²) in [5.74, 6) is 0.447. The van der Waals surface area contributed by atoms with Gasteiger partial charge in [-0.2, -0.15) is 15.0 Å². The Labute approximate surface area is 178 Å². The van der Waals surface area contributed by atoms with E-state index in [1.54, 1.807) is 12.4 Å². The summed E-state index contributed by atoms with van der Waals surface area (Å²) in [6.07, 6.45) is 7.98. The number of benzene rings is 1. The van der Waals surface area contributed by atoms with Crippen LogP contribution in [0, 0.1) is 5.92 Å². The van der Waals surface area contributed by atoms with Crippen molar-refractivity contribution in [3.63, 3.8) is 0 Å². The van der Waals surface area contributed by atoms with Crippen molar-refractivity contribution >= 4 is 17.7 Å². The van der Waals surface area contributed by atoms with Crippen LogP contribution in [-0.4, -0.2) is 67.5 Å². The number of nitrogens with one attached hydrogen (secondary N) is 1. The van der Waals surface area contributed by atoms with Gasteiger partial charge in [-0.1, -0.05) is 12.1 Å². The van der Waals surface area contributed by atoms with Gasteiger partial charge in [-0.15, -0.1) is 0 Å². The van der Waals surface area contributed by atoms with Gasteiger partial charge in [0, 0.05) is 12.6 Å². The highest BCUT2D eigenvalue weighted by molar-refractivity contribution is 5.98. The normalized spacial score (nSPS) is 21.8. The maximum Gasteiger partial charge on any atom is 0.358 e. The zero-order chi connectivity index (χ0) is 21.4. The van der Waals surface area contributed by atoms with Gasteiger partial charge in [-0.3, -0.25) is 4.79 Å². The number of aromatic nitrogens is 5. The molecular weight excluding hydrogens is 398 g/mol. The molecular formula is C21H21N7O3. The molecule has 158 valence electrons. The maximum absolute atomic E-state index is 13.5. The van der Waals surface area contributed by atoms with Crippen LogP contribution in [-0.2, 0) is 4.74 Å². The van der Waals surface area contributed by atoms with Crippen LogP contribution in [0.1, 0.15) is 33.7 Å². The molecule has 3 aromatic rings. The molecule has 1 N–H and O–H groups in total. The summed E-state index contributed by atoms with van der Waals surface area (Å²) >= 11 is 0. The molecule has 0 unspecified atom stereocenters. The maximum atomic E-state index is 13.5. The summed E-state index contributed by atoms with van der Waals surface area (Å²) in [7, 11) is 1.30. The molecule has 10 nitrogen and oxygen atoms in total. The first kappa shape index (κ1) is 19.2. The second-order valence-corrected chi connectivity index (χ2v) is 7.73. The van der Waals surface area contributed by atoms with Crippen LogP contribution >= 0.6 is 0 Å². The molecule has 2 bridgehead atoms. The molecule has 1 aromatic carbocycles. The van der Waals surface area contributed by atoms with E-state index in [9.17, 15) is 9.59 Å². The minimum Gasteiger partial charge on any atom is -0.464 e. The summed E-state index contributed by atoms with van der Waals surface area (Å²) in [6.45, 7) is 0.732. The molecule has 2 fully saturated rings. The summed E-state index contributed by atoms with van der Waals surface area (Å²) in [6, 6.07) is 7.49. The third kappa shape index (κ3) is 3.49. The Morgan fingerprint density at radius 3 is 2.61 bits per heavy atom. The molecule has 1 aliphatic carbocycles. The lowest BCUT2D eigenvalue weighted by Crippen LogP contribution is -2.48. The standard InChI is InChI=1S/C21H21N7O3/c1-31-21(30)16-10-23-19(11-22-16)26-15-8-13-9-18(15)27(12-13)20(29)14-4-2-3-5-17(14)28-24-6-7-25-28/h2-7,10-11,13,15,18H,8-9,12H2,1H3,(H,23,26)/t13-,15+,18+/m0/s1. The molecule has 1 saturated heterocycles. The quantitative estimate of drug-likeness (QED) is 0.620. The highest BCUT2D eigenvalue weighted by Gasteiger charge is 2.47. The SMILES string of the molecule is COC(=O)c1cnc(N[C@@H]2C[C@H]3C[C@H]2N(C(=O)c2ccccc2-n2nccn2)C3)cn1. The van der Waals surface area contributed by atoms with Gasteiger partial charge in [0.15, 0.2) is 5.69 Å². The van der Waals surface area contributed by atoms with Gasteiger partial charge in [0.05, 0.1) is 49.2 Å². The van der Waals surface area contributed by atoms with Gasteiger partial charge < -0.3 is 15.0 Å². The second kappa shape index (κ2) is 7.78. The molecule has 2 aliphatic rings. The number of esters is 1. The molecule has 31 heavy (non-hydrogen) atoms. The van der Waals surface area contributed by atoms with E-state index in [1.165, 1.54) is 24.3 Å². The Morgan fingerprint density at radius 2 is 1.90 bits per heavy atom. The molecule has 1 saturated carbocycles. The van der Waals surface area contributed by atoms with Crippen molar-refractivity contribution in [1.29, 1.82) is 0 Å². The average Bonchev–Trinajstić information content (AvgIpc) is 3.56. The first-order valence-corrected chi connectivity index (χ1v) is 10.1. The Kier molecular flexibility index (Phi) is 4.81. The zero-order valence-electron chi connectivity index (χ0n) is 16.9. The van der Waals surface area contributed by atoms with Crippen LogP contribution in [0.3, 0.4) is 0 Å². The summed E-state index contributed by atoms with van der Waals surface area (Å²) < 4.78 is 4.65. The third-order valence-corrected chi connectivity index (χ3v) is 5.89. The number of fused-ring (bicyclic) bond motifs is 2. The Balaban J connectivity index is 1.34. The van der Waals surface area contributed by atoms with E-state index in [4.69, 9.17) is 0 Å². The molecule has 10 heteroatoms. The van der Waals surface area contributed by atoms with E-state index < -0.39 is 5.97 Å². The largest absolute Gasteiger partial charge is 0.464 e. The lowest BCUT2D eigenvalue weighted by molar-refractivity contribution is 0.0592. The topological polar surface area (TPSA) is 115 Å². The Hall–Kier alpha value is -3.82. The van der Waals surface area contributed by atoms with E-state index >= 15 is 0 Å². The molecule has 0 spiro atoms. The number of para-hydroxylation sites is 1. The minimum absolute atomic E-state index is 0.0287. The number of anilines is 1. The number of rotatable bonds is 5. The number of likely N-dealkylation sites (tertiary alicyclic amines) is 1. The summed E-state index contributed by atoms with van der Waals surface area (Å²) in [5.41, 5.74) is 1.39. The van der Waals surface area contributed by atoms with E-state index in [2.05, 4.69) is 30.2 Å². The van der Waals surface area contributed by atoms with Crippen molar-refractivity contribution < 1.29 is 14.3 Å². The number of nitrogens with zero attached hydrogens (tertiary/aromatic N) is 6. The molecule has 3 atom stereocenters. The van der Waals surface area contributed by atoms with Gasteiger partial charge in [-0.25, -0.2) is 14.8 Å². The summed E-state index contributed by atoms with van der Waals surface area (Å²) in [5, 5.41) is 11.7. The zero-order valence-corrected chi connectivity index (χ0v) is 16.9. The van der Waals surface area contributed by atoms with Crippen LogP contribution in [0.4, 0.5) is 5.82 Å². The number of hydrogen-bond acceptors (Lipinski definition) is 8. The number of ether oxygens (including phenoxy) is 1. The van der Waals surface area contributed by atoms with Gasteiger partial charge in [-0.05, 0) is 30.9 Å². The van der Waals surface area contributed by atoms with Crippen LogP contribution < -0.4 is 5.32 Å². The van der Waals surface area contributed by atoms with Crippen molar-refractivity contribution in [3.8, 4) is 5.69 Å². The van der Waals surface area contributed by atoms with Gasteiger partial charge in [0.2, 0.25) is 0 Å². The monoisotopic (exact) mass is 419 g/mol. The predicted octanol–water partition coefficient (Wildman–Crippen LogP) is 1.56. The van der Waals surface area contributed by atoms with Crippen molar-refractivity contribution in [2.45, 2.75) is 24.9 Å². The van der Waals surface area contributed by atoms with Crippen LogP contribution in [0.15, 0.2) is 49.1 Å². The first-order valence-electron chi connectivity index (χ1n) is 10.1. The summed E-state index contributed by atoms with van der Waals surface area (Å²) in [4.78, 5) is 36.8. The van der Waals surface area contributed by atoms with Crippen molar-refractivity contribution in [3.05, 3.63) is 60.3 Å². The number of carbonyl (C=O) groups is 2. The lowest BCUT2D eigenvalue weighted by atomic mass is 10.0. The fraction of sp³-hybridized carbons (Fsp3) is 0.333. The highest BCUT2D eigenvalue weighted by atomic mass is 16.5. The highest BCUT2D eigenvalue weighted by Crippen LogP contribution is 2.40. The molecule has 0 radical (unpaired) electrons. The Morgan fingerprint density at radius 1 is 1.10 bits per heavy atom. The van der Waals surface area contributed by atoms with Gasteiger partial charge in [0.1, 0.15) is 5.82 Å². The van der Waals surface area contributed by atoms with Crippen molar-refractivity contribution in [1.82, 2.24) is 29.9 Å². The second-order valence-electron chi connectivity index (χ2n) is 7.73. The molecule has 2 aromatic heterocycles. The van der Waals surface area contributed by atoms with Gasteiger partial charge >= 0.3 is 5.97 Å².